The largest absolute Gasteiger partial charge is 0.368 e. The van der Waals surface area contributed by atoms with Gasteiger partial charge in [0.2, 0.25) is 5.91 Å². The van der Waals surface area contributed by atoms with Crippen LogP contribution in [0.25, 0.3) is 10.9 Å². The maximum Gasteiger partial charge on any atom is 0.233 e. The molecule has 4 rings (SSSR count). The third kappa shape index (κ3) is 4.26. The number of nitrogens with zero attached hydrogens (tertiary/aromatic N) is 3. The van der Waals surface area contributed by atoms with Gasteiger partial charge in [0.15, 0.2) is 0 Å². The smallest absolute Gasteiger partial charge is 0.233 e. The molecule has 4 nitrogen and oxygen atoms in total. The number of benzene rings is 2. The molecule has 0 atom stereocenters. The molecule has 1 saturated heterocycles. The van der Waals surface area contributed by atoms with Crippen LogP contribution in [0.5, 0.6) is 0 Å². The number of hydrogen-bond donors (Lipinski definition) is 0. The van der Waals surface area contributed by atoms with Crippen LogP contribution in [-0.4, -0.2) is 47.7 Å². The molecule has 6 heteroatoms. The van der Waals surface area contributed by atoms with E-state index in [1.807, 2.05) is 41.3 Å². The van der Waals surface area contributed by atoms with Crippen LogP contribution in [-0.2, 0) is 4.79 Å². The number of piperazine rings is 1. The van der Waals surface area contributed by atoms with E-state index < -0.39 is 0 Å². The lowest BCUT2D eigenvalue weighted by Crippen LogP contribution is -2.49. The van der Waals surface area contributed by atoms with Crippen molar-refractivity contribution in [1.29, 1.82) is 0 Å². The van der Waals surface area contributed by atoms with E-state index in [0.29, 0.717) is 5.75 Å². The summed E-state index contributed by atoms with van der Waals surface area (Å²) >= 11 is 7.61. The Morgan fingerprint density at radius 3 is 2.64 bits per heavy atom. The number of para-hydroxylation sites is 1. The number of halogens is 1. The highest BCUT2D eigenvalue weighted by Gasteiger charge is 2.21. The molecule has 0 spiro atoms. The molecule has 3 aromatic rings. The highest BCUT2D eigenvalue weighted by molar-refractivity contribution is 7.99. The predicted molar refractivity (Wildman–Crippen MR) is 117 cm³/mol. The van der Waals surface area contributed by atoms with Crippen molar-refractivity contribution < 1.29 is 4.79 Å². The summed E-state index contributed by atoms with van der Waals surface area (Å²) in [7, 11) is 0. The first kappa shape index (κ1) is 19.1. The van der Waals surface area contributed by atoms with Gasteiger partial charge in [-0.05, 0) is 42.8 Å². The number of aromatic nitrogens is 1. The number of pyridine rings is 1. The standard InChI is InChI=1S/C22H22ClN3OS/c1-16-13-21(24-20-8-3-2-7-19(16)20)28-15-22(27)26-11-9-25(10-12-26)18-6-4-5-17(23)14-18/h2-8,13-14H,9-12,15H2,1H3. The van der Waals surface area contributed by atoms with Crippen molar-refractivity contribution in [2.24, 2.45) is 0 Å². The van der Waals surface area contributed by atoms with Gasteiger partial charge in [0.1, 0.15) is 0 Å². The predicted octanol–water partition coefficient (Wildman–Crippen LogP) is 4.64. The summed E-state index contributed by atoms with van der Waals surface area (Å²) in [5, 5.41) is 2.81. The van der Waals surface area contributed by atoms with Gasteiger partial charge < -0.3 is 9.80 Å². The van der Waals surface area contributed by atoms with E-state index >= 15 is 0 Å². The van der Waals surface area contributed by atoms with Crippen LogP contribution in [0.2, 0.25) is 5.02 Å². The zero-order chi connectivity index (χ0) is 19.5. The Morgan fingerprint density at radius 2 is 1.86 bits per heavy atom. The second kappa shape index (κ2) is 8.41. The third-order valence-electron chi connectivity index (χ3n) is 5.05. The number of rotatable bonds is 4. The van der Waals surface area contributed by atoms with Gasteiger partial charge in [-0.3, -0.25) is 4.79 Å². The van der Waals surface area contributed by atoms with Gasteiger partial charge in [0.05, 0.1) is 16.3 Å². The van der Waals surface area contributed by atoms with Crippen LogP contribution in [0, 0.1) is 6.92 Å². The van der Waals surface area contributed by atoms with E-state index in [1.165, 1.54) is 17.3 Å². The van der Waals surface area contributed by atoms with E-state index in [0.717, 1.165) is 52.8 Å². The molecule has 1 fully saturated rings. The van der Waals surface area contributed by atoms with Crippen molar-refractivity contribution in [1.82, 2.24) is 9.88 Å². The number of amides is 1. The van der Waals surface area contributed by atoms with Crippen LogP contribution in [0.1, 0.15) is 5.56 Å². The Bertz CT molecular complexity index is 1000. The summed E-state index contributed by atoms with van der Waals surface area (Å²) in [6.45, 7) is 5.20. The summed E-state index contributed by atoms with van der Waals surface area (Å²) < 4.78 is 0. The number of hydrogen-bond acceptors (Lipinski definition) is 4. The first-order valence-corrected chi connectivity index (χ1v) is 10.7. The molecule has 0 radical (unpaired) electrons. The fourth-order valence-electron chi connectivity index (χ4n) is 3.51. The van der Waals surface area contributed by atoms with Crippen molar-refractivity contribution in [3.8, 4) is 0 Å². The molecule has 0 unspecified atom stereocenters. The molecule has 2 heterocycles. The molecule has 2 aromatic carbocycles. The first-order chi connectivity index (χ1) is 13.6. The summed E-state index contributed by atoms with van der Waals surface area (Å²) in [6, 6.07) is 18.1. The van der Waals surface area contributed by atoms with Gasteiger partial charge >= 0.3 is 0 Å². The molecule has 0 saturated carbocycles. The number of thioether (sulfide) groups is 1. The second-order valence-corrected chi connectivity index (χ2v) is 8.36. The lowest BCUT2D eigenvalue weighted by atomic mass is 10.1. The van der Waals surface area contributed by atoms with E-state index in [2.05, 4.69) is 35.0 Å². The van der Waals surface area contributed by atoms with Gasteiger partial charge in [-0.15, -0.1) is 0 Å². The van der Waals surface area contributed by atoms with E-state index in [9.17, 15) is 4.79 Å². The monoisotopic (exact) mass is 411 g/mol. The molecule has 0 aliphatic carbocycles. The normalized spacial score (nSPS) is 14.5. The van der Waals surface area contributed by atoms with Crippen LogP contribution in [0.15, 0.2) is 59.6 Å². The number of aryl methyl sites for hydroxylation is 1. The van der Waals surface area contributed by atoms with Crippen molar-refractivity contribution in [2.45, 2.75) is 11.9 Å². The molecule has 1 amide bonds. The van der Waals surface area contributed by atoms with Crippen LogP contribution < -0.4 is 4.90 Å². The number of carbonyl (C=O) groups excluding carboxylic acids is 1. The number of anilines is 1. The maximum absolute atomic E-state index is 12.7. The fourth-order valence-corrected chi connectivity index (χ4v) is 4.57. The zero-order valence-electron chi connectivity index (χ0n) is 15.8. The number of carbonyl (C=O) groups is 1. The minimum Gasteiger partial charge on any atom is -0.368 e. The minimum absolute atomic E-state index is 0.170. The maximum atomic E-state index is 12.7. The first-order valence-electron chi connectivity index (χ1n) is 9.37. The topological polar surface area (TPSA) is 36.4 Å². The fraction of sp³-hybridized carbons (Fsp3) is 0.273. The van der Waals surface area contributed by atoms with Gasteiger partial charge in [0, 0.05) is 42.3 Å². The highest BCUT2D eigenvalue weighted by atomic mass is 35.5. The van der Waals surface area contributed by atoms with E-state index in [-0.39, 0.29) is 5.91 Å². The van der Waals surface area contributed by atoms with Crippen molar-refractivity contribution in [3.05, 3.63) is 65.2 Å². The average molecular weight is 412 g/mol. The molecule has 0 bridgehead atoms. The quantitative estimate of drug-likeness (QED) is 0.586. The molecule has 1 aromatic heterocycles. The summed E-state index contributed by atoms with van der Waals surface area (Å²) in [5.41, 5.74) is 3.29. The molecule has 1 aliphatic heterocycles. The van der Waals surface area contributed by atoms with Gasteiger partial charge in [-0.25, -0.2) is 4.98 Å². The zero-order valence-corrected chi connectivity index (χ0v) is 17.3. The van der Waals surface area contributed by atoms with E-state index in [4.69, 9.17) is 11.6 Å². The van der Waals surface area contributed by atoms with Crippen molar-refractivity contribution in [3.63, 3.8) is 0 Å². The Hall–Kier alpha value is -2.24. The lowest BCUT2D eigenvalue weighted by Gasteiger charge is -2.36. The SMILES string of the molecule is Cc1cc(SCC(=O)N2CCN(c3cccc(Cl)c3)CC2)nc2ccccc12. The molecule has 28 heavy (non-hydrogen) atoms. The third-order valence-corrected chi connectivity index (χ3v) is 6.18. The second-order valence-electron chi connectivity index (χ2n) is 6.93. The lowest BCUT2D eigenvalue weighted by molar-refractivity contribution is -0.128. The molecule has 144 valence electrons. The average Bonchev–Trinajstić information content (AvgIpc) is 2.72. The van der Waals surface area contributed by atoms with Crippen LogP contribution >= 0.6 is 23.4 Å². The molecule has 0 N–H and O–H groups in total. The molecular formula is C22H22ClN3OS. The summed E-state index contributed by atoms with van der Waals surface area (Å²) in [4.78, 5) is 21.6. The van der Waals surface area contributed by atoms with Crippen molar-refractivity contribution >= 4 is 45.9 Å². The Morgan fingerprint density at radius 1 is 1.07 bits per heavy atom. The Labute approximate surface area is 174 Å². The van der Waals surface area contributed by atoms with Crippen LogP contribution in [0.4, 0.5) is 5.69 Å². The van der Waals surface area contributed by atoms with Crippen molar-refractivity contribution in [2.75, 3.05) is 36.8 Å². The van der Waals surface area contributed by atoms with Gasteiger partial charge in [-0.1, -0.05) is 47.6 Å². The summed E-state index contributed by atoms with van der Waals surface area (Å²) in [6.07, 6.45) is 0. The van der Waals surface area contributed by atoms with Gasteiger partial charge in [-0.2, -0.15) is 0 Å². The number of fused-ring (bicyclic) bond motifs is 1. The Balaban J connectivity index is 1.34. The molecule has 1 aliphatic rings. The highest BCUT2D eigenvalue weighted by Crippen LogP contribution is 2.24. The Kier molecular flexibility index (Phi) is 5.74. The van der Waals surface area contributed by atoms with Crippen LogP contribution in [0.3, 0.4) is 0 Å². The van der Waals surface area contributed by atoms with E-state index in [1.54, 1.807) is 0 Å². The minimum atomic E-state index is 0.170. The molecular weight excluding hydrogens is 390 g/mol. The van der Waals surface area contributed by atoms with Gasteiger partial charge in [0.25, 0.3) is 0 Å². The summed E-state index contributed by atoms with van der Waals surface area (Å²) in [5.74, 6) is 0.588.